The Kier molecular flexibility index (Phi) is 5.06. The molecule has 1 heterocycles. The smallest absolute Gasteiger partial charge is 0.196 e. The molecule has 0 atom stereocenters. The second-order valence-corrected chi connectivity index (χ2v) is 6.64. The minimum absolute atomic E-state index is 0.0689. The lowest BCUT2D eigenvalue weighted by molar-refractivity contribution is 0.0983. The molecule has 3 rings (SSSR count). The number of hydrogen-bond acceptors (Lipinski definition) is 4. The van der Waals surface area contributed by atoms with Crippen molar-refractivity contribution in [2.75, 3.05) is 0 Å². The highest BCUT2D eigenvalue weighted by atomic mass is 32.2. The van der Waals surface area contributed by atoms with Crippen LogP contribution in [0.1, 0.15) is 28.6 Å². The molecular weight excluding hydrogens is 320 g/mol. The van der Waals surface area contributed by atoms with Crippen LogP contribution in [-0.2, 0) is 6.61 Å². The van der Waals surface area contributed by atoms with Gasteiger partial charge in [-0.25, -0.2) is 0 Å². The molecule has 0 spiro atoms. The number of Topliss-reactive ketones (excluding diaryl/α,β-unsaturated/α-hetero) is 1. The van der Waals surface area contributed by atoms with Gasteiger partial charge in [0.05, 0.1) is 11.2 Å². The van der Waals surface area contributed by atoms with Crippen LogP contribution in [0.25, 0.3) is 0 Å². The number of aryl methyl sites for hydroxylation is 1. The molecule has 0 N–H and O–H groups in total. The maximum atomic E-state index is 11.5. The van der Waals surface area contributed by atoms with Crippen molar-refractivity contribution in [3.05, 3.63) is 77.7 Å². The van der Waals surface area contributed by atoms with E-state index in [-0.39, 0.29) is 5.78 Å². The van der Waals surface area contributed by atoms with Gasteiger partial charge in [-0.15, -0.1) is 0 Å². The van der Waals surface area contributed by atoms with E-state index in [0.717, 1.165) is 21.1 Å². The Balaban J connectivity index is 1.63. The molecule has 0 saturated heterocycles. The normalized spacial score (nSPS) is 10.6. The van der Waals surface area contributed by atoms with Crippen molar-refractivity contribution < 1.29 is 13.9 Å². The summed E-state index contributed by atoms with van der Waals surface area (Å²) < 4.78 is 11.0. The van der Waals surface area contributed by atoms with E-state index >= 15 is 0 Å². The molecule has 3 nitrogen and oxygen atoms in total. The van der Waals surface area contributed by atoms with E-state index in [2.05, 4.69) is 25.1 Å². The number of ether oxygens (including phenoxy) is 1. The van der Waals surface area contributed by atoms with E-state index in [1.165, 1.54) is 24.2 Å². The van der Waals surface area contributed by atoms with Crippen LogP contribution >= 0.6 is 11.8 Å². The number of carbonyl (C=O) groups excluding carboxylic acids is 1. The van der Waals surface area contributed by atoms with Crippen LogP contribution < -0.4 is 4.74 Å². The lowest BCUT2D eigenvalue weighted by Crippen LogP contribution is -1.95. The van der Waals surface area contributed by atoms with Crippen LogP contribution in [0.3, 0.4) is 0 Å². The van der Waals surface area contributed by atoms with Crippen LogP contribution in [-0.4, -0.2) is 5.78 Å². The third-order valence-corrected chi connectivity index (χ3v) is 4.54. The highest BCUT2D eigenvalue weighted by Gasteiger charge is 2.12. The molecule has 122 valence electrons. The zero-order valence-corrected chi connectivity index (χ0v) is 14.4. The van der Waals surface area contributed by atoms with Gasteiger partial charge < -0.3 is 9.15 Å². The summed E-state index contributed by atoms with van der Waals surface area (Å²) in [6.45, 7) is 4.12. The lowest BCUT2D eigenvalue weighted by atomic mass is 10.1. The van der Waals surface area contributed by atoms with Gasteiger partial charge in [-0.05, 0) is 42.8 Å². The fourth-order valence-corrected chi connectivity index (χ4v) is 3.27. The van der Waals surface area contributed by atoms with Gasteiger partial charge in [-0.2, -0.15) is 0 Å². The average Bonchev–Trinajstić information content (AvgIpc) is 3.03. The molecule has 2 aromatic carbocycles. The largest absolute Gasteiger partial charge is 0.489 e. The summed E-state index contributed by atoms with van der Waals surface area (Å²) in [7, 11) is 0. The number of furan rings is 1. The topological polar surface area (TPSA) is 39.4 Å². The number of benzene rings is 2. The van der Waals surface area contributed by atoms with E-state index < -0.39 is 0 Å². The van der Waals surface area contributed by atoms with Crippen LogP contribution in [0.4, 0.5) is 0 Å². The van der Waals surface area contributed by atoms with Crippen molar-refractivity contribution in [3.8, 4) is 5.75 Å². The van der Waals surface area contributed by atoms with Crippen molar-refractivity contribution in [3.63, 3.8) is 0 Å². The van der Waals surface area contributed by atoms with Crippen molar-refractivity contribution in [2.24, 2.45) is 0 Å². The van der Waals surface area contributed by atoms with Crippen LogP contribution in [0.5, 0.6) is 5.75 Å². The summed E-state index contributed by atoms with van der Waals surface area (Å²) >= 11 is 1.50. The second kappa shape index (κ2) is 7.41. The molecule has 4 heteroatoms. The first kappa shape index (κ1) is 16.4. The number of rotatable bonds is 6. The molecule has 0 radical (unpaired) electrons. The summed E-state index contributed by atoms with van der Waals surface area (Å²) in [5.41, 5.74) is 2.38. The van der Waals surface area contributed by atoms with E-state index in [4.69, 9.17) is 9.15 Å². The fourth-order valence-electron chi connectivity index (χ4n) is 2.33. The Hall–Kier alpha value is -2.46. The molecule has 0 aliphatic rings. The zero-order valence-electron chi connectivity index (χ0n) is 13.6. The van der Waals surface area contributed by atoms with E-state index in [0.29, 0.717) is 12.4 Å². The molecule has 24 heavy (non-hydrogen) atoms. The quantitative estimate of drug-likeness (QED) is 0.555. The Labute approximate surface area is 145 Å². The van der Waals surface area contributed by atoms with Gasteiger partial charge in [0.25, 0.3) is 0 Å². The molecule has 0 aliphatic carbocycles. The second-order valence-electron chi connectivity index (χ2n) is 5.52. The van der Waals surface area contributed by atoms with Gasteiger partial charge in [0.2, 0.25) is 0 Å². The van der Waals surface area contributed by atoms with Crippen molar-refractivity contribution in [1.29, 1.82) is 0 Å². The predicted octanol–water partition coefficient (Wildman–Crippen LogP) is 5.52. The van der Waals surface area contributed by atoms with Crippen molar-refractivity contribution >= 4 is 17.5 Å². The Morgan fingerprint density at radius 3 is 2.62 bits per heavy atom. The molecule has 0 aliphatic heterocycles. The average molecular weight is 338 g/mol. The third kappa shape index (κ3) is 4.09. The molecule has 0 fully saturated rings. The van der Waals surface area contributed by atoms with Gasteiger partial charge in [0.15, 0.2) is 11.5 Å². The maximum Gasteiger partial charge on any atom is 0.196 e. The van der Waals surface area contributed by atoms with Crippen molar-refractivity contribution in [1.82, 2.24) is 0 Å². The summed E-state index contributed by atoms with van der Waals surface area (Å²) in [6, 6.07) is 17.9. The summed E-state index contributed by atoms with van der Waals surface area (Å²) in [6.07, 6.45) is 1.54. The van der Waals surface area contributed by atoms with Crippen LogP contribution in [0.15, 0.2) is 75.1 Å². The Morgan fingerprint density at radius 1 is 1.12 bits per heavy atom. The molecule has 0 saturated carbocycles. The monoisotopic (exact) mass is 338 g/mol. The van der Waals surface area contributed by atoms with Gasteiger partial charge in [-0.3, -0.25) is 4.79 Å². The molecule has 0 unspecified atom stereocenters. The zero-order chi connectivity index (χ0) is 16.9. The molecular formula is C20H18O3S. The number of hydrogen-bond donors (Lipinski definition) is 0. The molecule has 1 aromatic heterocycles. The lowest BCUT2D eigenvalue weighted by Gasteiger charge is -2.08. The predicted molar refractivity (Wildman–Crippen MR) is 94.8 cm³/mol. The minimum Gasteiger partial charge on any atom is -0.489 e. The van der Waals surface area contributed by atoms with Gasteiger partial charge in [0.1, 0.15) is 12.4 Å². The third-order valence-electron chi connectivity index (χ3n) is 3.49. The van der Waals surface area contributed by atoms with E-state index in [1.807, 2.05) is 36.4 Å². The Morgan fingerprint density at radius 2 is 1.92 bits per heavy atom. The van der Waals surface area contributed by atoms with Crippen LogP contribution in [0, 0.1) is 6.92 Å². The molecule has 0 amide bonds. The summed E-state index contributed by atoms with van der Waals surface area (Å²) in [4.78, 5) is 13.3. The number of ketones is 1. The van der Waals surface area contributed by atoms with Crippen LogP contribution in [0.2, 0.25) is 0 Å². The standard InChI is InChI=1S/C20H18O3S/c1-14-4-3-5-16(12-14)13-23-17-6-8-18(9-7-17)24-19-10-11-22-20(19)15(2)21/h3-12H,13H2,1-2H3. The fraction of sp³-hybridized carbons (Fsp3) is 0.150. The van der Waals surface area contributed by atoms with Gasteiger partial charge in [-0.1, -0.05) is 41.6 Å². The molecule has 3 aromatic rings. The summed E-state index contributed by atoms with van der Waals surface area (Å²) in [5, 5.41) is 0. The SMILES string of the molecule is CC(=O)c1occc1Sc1ccc(OCc2cccc(C)c2)cc1. The highest BCUT2D eigenvalue weighted by molar-refractivity contribution is 7.99. The first-order valence-electron chi connectivity index (χ1n) is 7.66. The number of carbonyl (C=O) groups is 1. The van der Waals surface area contributed by atoms with E-state index in [1.54, 1.807) is 6.26 Å². The first-order valence-corrected chi connectivity index (χ1v) is 8.48. The maximum absolute atomic E-state index is 11.5. The van der Waals surface area contributed by atoms with Crippen molar-refractivity contribution in [2.45, 2.75) is 30.2 Å². The Bertz CT molecular complexity index is 834. The minimum atomic E-state index is -0.0689. The first-order chi connectivity index (χ1) is 11.6. The van der Waals surface area contributed by atoms with E-state index in [9.17, 15) is 4.79 Å². The van der Waals surface area contributed by atoms with Gasteiger partial charge >= 0.3 is 0 Å². The van der Waals surface area contributed by atoms with Gasteiger partial charge in [0, 0.05) is 11.8 Å². The molecule has 0 bridgehead atoms. The highest BCUT2D eigenvalue weighted by Crippen LogP contribution is 2.32. The summed E-state index contributed by atoms with van der Waals surface area (Å²) in [5.74, 6) is 1.15.